The van der Waals surface area contributed by atoms with Crippen molar-refractivity contribution in [3.05, 3.63) is 63.1 Å². The lowest BCUT2D eigenvalue weighted by atomic mass is 10.0. The molecule has 0 aliphatic carbocycles. The Bertz CT molecular complexity index is 622. The average molecular weight is 382 g/mol. The minimum Gasteiger partial charge on any atom is -0.493 e. The molecule has 1 nitrogen and oxygen atoms in total. The van der Waals surface area contributed by atoms with Crippen molar-refractivity contribution in [3.63, 3.8) is 0 Å². The van der Waals surface area contributed by atoms with Crippen molar-refractivity contribution in [1.29, 1.82) is 0 Å². The van der Waals surface area contributed by atoms with E-state index in [4.69, 9.17) is 4.74 Å². The number of aryl methyl sites for hydroxylation is 1. The third kappa shape index (κ3) is 2.59. The topological polar surface area (TPSA) is 9.23 Å². The largest absolute Gasteiger partial charge is 0.493 e. The quantitative estimate of drug-likeness (QED) is 0.651. The van der Waals surface area contributed by atoms with Gasteiger partial charge in [-0.3, -0.25) is 0 Å². The van der Waals surface area contributed by atoms with Crippen molar-refractivity contribution >= 4 is 31.9 Å². The molecule has 0 radical (unpaired) electrons. The summed E-state index contributed by atoms with van der Waals surface area (Å²) in [6, 6.07) is 12.9. The lowest BCUT2D eigenvalue weighted by Crippen LogP contribution is -1.95. The molecule has 3 rings (SSSR count). The molecular weight excluding hydrogens is 368 g/mol. The van der Waals surface area contributed by atoms with E-state index in [1.54, 1.807) is 0 Å². The van der Waals surface area contributed by atoms with Gasteiger partial charge in [-0.05, 0) is 35.7 Å². The minimum atomic E-state index is 0.202. The smallest absolute Gasteiger partial charge is 0.122 e. The van der Waals surface area contributed by atoms with Crippen LogP contribution in [-0.4, -0.2) is 6.61 Å². The van der Waals surface area contributed by atoms with E-state index in [1.165, 1.54) is 22.3 Å². The zero-order chi connectivity index (χ0) is 13.4. The van der Waals surface area contributed by atoms with Gasteiger partial charge >= 0.3 is 0 Å². The van der Waals surface area contributed by atoms with Crippen LogP contribution in [0.1, 0.15) is 27.1 Å². The second-order valence-electron chi connectivity index (χ2n) is 4.85. The molecule has 2 aromatic carbocycles. The molecule has 19 heavy (non-hydrogen) atoms. The van der Waals surface area contributed by atoms with E-state index in [0.29, 0.717) is 0 Å². The number of benzene rings is 2. The summed E-state index contributed by atoms with van der Waals surface area (Å²) in [6.45, 7) is 2.92. The Balaban J connectivity index is 1.99. The molecular formula is C16H14Br2O. The van der Waals surface area contributed by atoms with E-state index in [0.717, 1.165) is 23.2 Å². The standard InChI is InChI=1S/C16H14Br2O/c1-10-2-4-14(17)13(8-10)16(18)12-3-5-15-11(9-12)6-7-19-15/h2-5,8-9,16H,6-7H2,1H3. The van der Waals surface area contributed by atoms with Gasteiger partial charge in [0, 0.05) is 10.9 Å². The van der Waals surface area contributed by atoms with Crippen molar-refractivity contribution in [2.45, 2.75) is 18.2 Å². The van der Waals surface area contributed by atoms with Gasteiger partial charge in [-0.25, -0.2) is 0 Å². The zero-order valence-electron chi connectivity index (χ0n) is 10.6. The number of hydrogen-bond donors (Lipinski definition) is 0. The summed E-state index contributed by atoms with van der Waals surface area (Å²) in [5.74, 6) is 1.03. The van der Waals surface area contributed by atoms with Crippen LogP contribution in [0.2, 0.25) is 0 Å². The van der Waals surface area contributed by atoms with Gasteiger partial charge in [0.2, 0.25) is 0 Å². The first-order chi connectivity index (χ1) is 9.15. The van der Waals surface area contributed by atoms with Gasteiger partial charge in [-0.2, -0.15) is 0 Å². The Morgan fingerprint density at radius 3 is 2.84 bits per heavy atom. The minimum absolute atomic E-state index is 0.202. The molecule has 1 aliphatic rings. The van der Waals surface area contributed by atoms with Gasteiger partial charge in [0.05, 0.1) is 11.4 Å². The molecule has 0 fully saturated rings. The maximum absolute atomic E-state index is 5.56. The predicted octanol–water partition coefficient (Wildman–Crippen LogP) is 5.18. The third-order valence-corrected chi connectivity index (χ3v) is 5.17. The van der Waals surface area contributed by atoms with Crippen LogP contribution in [0.25, 0.3) is 0 Å². The average Bonchev–Trinajstić information content (AvgIpc) is 2.88. The predicted molar refractivity (Wildman–Crippen MR) is 85.3 cm³/mol. The van der Waals surface area contributed by atoms with E-state index in [2.05, 4.69) is 75.2 Å². The second-order valence-corrected chi connectivity index (χ2v) is 6.62. The highest BCUT2D eigenvalue weighted by atomic mass is 79.9. The Labute approximate surface area is 130 Å². The molecule has 1 heterocycles. The first-order valence-electron chi connectivity index (χ1n) is 6.31. The fourth-order valence-corrected chi connectivity index (χ4v) is 3.85. The molecule has 1 unspecified atom stereocenters. The van der Waals surface area contributed by atoms with Crippen LogP contribution in [0, 0.1) is 6.92 Å². The van der Waals surface area contributed by atoms with Gasteiger partial charge in [-0.15, -0.1) is 0 Å². The van der Waals surface area contributed by atoms with Gasteiger partial charge in [0.15, 0.2) is 0 Å². The molecule has 0 spiro atoms. The molecule has 98 valence electrons. The number of alkyl halides is 1. The maximum atomic E-state index is 5.56. The van der Waals surface area contributed by atoms with Gasteiger partial charge in [0.1, 0.15) is 5.75 Å². The van der Waals surface area contributed by atoms with E-state index in [1.807, 2.05) is 0 Å². The fraction of sp³-hybridized carbons (Fsp3) is 0.250. The Morgan fingerprint density at radius 1 is 1.16 bits per heavy atom. The molecule has 0 bridgehead atoms. The molecule has 0 aromatic heterocycles. The van der Waals surface area contributed by atoms with Crippen LogP contribution in [0.4, 0.5) is 0 Å². The van der Waals surface area contributed by atoms with E-state index in [-0.39, 0.29) is 4.83 Å². The molecule has 2 aromatic rings. The Morgan fingerprint density at radius 2 is 2.00 bits per heavy atom. The summed E-state index contributed by atoms with van der Waals surface area (Å²) in [6.07, 6.45) is 1.01. The highest BCUT2D eigenvalue weighted by molar-refractivity contribution is 9.11. The lowest BCUT2D eigenvalue weighted by molar-refractivity contribution is 0.357. The number of fused-ring (bicyclic) bond motifs is 1. The monoisotopic (exact) mass is 380 g/mol. The van der Waals surface area contributed by atoms with Crippen LogP contribution < -0.4 is 4.74 Å². The van der Waals surface area contributed by atoms with Crippen LogP contribution in [0.15, 0.2) is 40.9 Å². The first-order valence-corrected chi connectivity index (χ1v) is 8.02. The first kappa shape index (κ1) is 13.2. The van der Waals surface area contributed by atoms with E-state index >= 15 is 0 Å². The maximum Gasteiger partial charge on any atom is 0.122 e. The van der Waals surface area contributed by atoms with Crippen LogP contribution in [0.5, 0.6) is 5.75 Å². The van der Waals surface area contributed by atoms with E-state index < -0.39 is 0 Å². The molecule has 1 aliphatic heterocycles. The highest BCUT2D eigenvalue weighted by Gasteiger charge is 2.18. The summed E-state index contributed by atoms with van der Waals surface area (Å²) in [7, 11) is 0. The number of hydrogen-bond acceptors (Lipinski definition) is 1. The summed E-state index contributed by atoms with van der Waals surface area (Å²) in [5.41, 5.74) is 5.12. The lowest BCUT2D eigenvalue weighted by Gasteiger charge is -2.14. The Kier molecular flexibility index (Phi) is 3.68. The molecule has 0 saturated heterocycles. The molecule has 3 heteroatoms. The molecule has 0 amide bonds. The number of rotatable bonds is 2. The van der Waals surface area contributed by atoms with Crippen molar-refractivity contribution in [2.75, 3.05) is 6.61 Å². The van der Waals surface area contributed by atoms with Crippen LogP contribution in [0.3, 0.4) is 0 Å². The molecule has 1 atom stereocenters. The fourth-order valence-electron chi connectivity index (χ4n) is 2.40. The molecule has 0 N–H and O–H groups in total. The summed E-state index contributed by atoms with van der Waals surface area (Å²) in [4.78, 5) is 0.202. The van der Waals surface area contributed by atoms with Gasteiger partial charge < -0.3 is 4.74 Å². The number of halogens is 2. The molecule has 0 saturated carbocycles. The third-order valence-electron chi connectivity index (χ3n) is 3.43. The van der Waals surface area contributed by atoms with Gasteiger partial charge in [-0.1, -0.05) is 61.7 Å². The van der Waals surface area contributed by atoms with Gasteiger partial charge in [0.25, 0.3) is 0 Å². The summed E-state index contributed by atoms with van der Waals surface area (Å²) < 4.78 is 6.69. The van der Waals surface area contributed by atoms with E-state index in [9.17, 15) is 0 Å². The Hall–Kier alpha value is -0.800. The highest BCUT2D eigenvalue weighted by Crippen LogP contribution is 2.38. The van der Waals surface area contributed by atoms with Crippen molar-refractivity contribution in [2.24, 2.45) is 0 Å². The summed E-state index contributed by atoms with van der Waals surface area (Å²) >= 11 is 7.45. The normalized spacial score (nSPS) is 14.9. The zero-order valence-corrected chi connectivity index (χ0v) is 13.8. The number of ether oxygens (including phenoxy) is 1. The summed E-state index contributed by atoms with van der Waals surface area (Å²) in [5, 5.41) is 0. The van der Waals surface area contributed by atoms with Crippen molar-refractivity contribution in [3.8, 4) is 5.75 Å². The van der Waals surface area contributed by atoms with Crippen LogP contribution in [-0.2, 0) is 6.42 Å². The SMILES string of the molecule is Cc1ccc(Br)c(C(Br)c2ccc3c(c2)CCO3)c1. The van der Waals surface area contributed by atoms with Crippen LogP contribution >= 0.6 is 31.9 Å². The van der Waals surface area contributed by atoms with Crippen molar-refractivity contribution < 1.29 is 4.74 Å². The second kappa shape index (κ2) is 5.29. The van der Waals surface area contributed by atoms with Crippen molar-refractivity contribution in [1.82, 2.24) is 0 Å².